The average Bonchev–Trinajstić information content (AvgIpc) is 2.88. The fourth-order valence-corrected chi connectivity index (χ4v) is 6.92. The molecule has 0 amide bonds. The number of alkyl halides is 3. The van der Waals surface area contributed by atoms with E-state index >= 15 is 0 Å². The largest absolute Gasteiger partial charge is 0.421 e. The van der Waals surface area contributed by atoms with Gasteiger partial charge < -0.3 is 19.8 Å². The van der Waals surface area contributed by atoms with Crippen LogP contribution >= 0.6 is 12.6 Å². The quantitative estimate of drug-likeness (QED) is 0.437. The van der Waals surface area contributed by atoms with Crippen molar-refractivity contribution >= 4 is 28.3 Å². The predicted molar refractivity (Wildman–Crippen MR) is 139 cm³/mol. The van der Waals surface area contributed by atoms with Gasteiger partial charge in [-0.2, -0.15) is 17.5 Å². The molecule has 2 saturated heterocycles. The van der Waals surface area contributed by atoms with Crippen molar-refractivity contribution in [1.82, 2.24) is 9.21 Å². The number of anilines is 1. The SMILES string of the molecule is C[C@@](O)(c1ccc(N2CCN(S(=O)(=O)c3ccccc3S)C[C@@H]2CN2CCOC[C@@H]2CO)cc1)C(F)(F)F. The molecule has 8 nitrogen and oxygen atoms in total. The molecule has 2 N–H and O–H groups in total. The monoisotopic (exact) mass is 575 g/mol. The van der Waals surface area contributed by atoms with E-state index in [0.717, 1.165) is 0 Å². The highest BCUT2D eigenvalue weighted by Gasteiger charge is 2.51. The summed E-state index contributed by atoms with van der Waals surface area (Å²) in [6.07, 6.45) is -4.84. The van der Waals surface area contributed by atoms with Crippen LogP contribution < -0.4 is 4.90 Å². The lowest BCUT2D eigenvalue weighted by Gasteiger charge is -2.46. The normalized spacial score (nSPS) is 23.8. The molecular formula is C25H32F3N3O5S2. The number of ether oxygens (including phenoxy) is 1. The highest BCUT2D eigenvalue weighted by molar-refractivity contribution is 7.90. The zero-order chi connectivity index (χ0) is 27.7. The van der Waals surface area contributed by atoms with E-state index in [-0.39, 0.29) is 42.2 Å². The minimum atomic E-state index is -4.84. The fourth-order valence-electron chi connectivity index (χ4n) is 4.87. The number of nitrogens with zero attached hydrogens (tertiary/aromatic N) is 3. The Morgan fingerprint density at radius 2 is 1.74 bits per heavy atom. The Kier molecular flexibility index (Phi) is 8.67. The Labute approximate surface area is 226 Å². The van der Waals surface area contributed by atoms with Crippen LogP contribution in [0.1, 0.15) is 12.5 Å². The molecular weight excluding hydrogens is 543 g/mol. The number of aliphatic hydroxyl groups is 2. The second-order valence-electron chi connectivity index (χ2n) is 9.70. The van der Waals surface area contributed by atoms with E-state index in [1.165, 1.54) is 34.6 Å². The first-order valence-corrected chi connectivity index (χ1v) is 14.1. The first-order chi connectivity index (χ1) is 17.9. The van der Waals surface area contributed by atoms with Gasteiger partial charge in [0, 0.05) is 43.3 Å². The van der Waals surface area contributed by atoms with Crippen LogP contribution in [0.4, 0.5) is 18.9 Å². The number of hydrogen-bond acceptors (Lipinski definition) is 8. The first-order valence-electron chi connectivity index (χ1n) is 12.2. The summed E-state index contributed by atoms with van der Waals surface area (Å²) in [5, 5.41) is 19.9. The highest BCUT2D eigenvalue weighted by atomic mass is 32.2. The minimum Gasteiger partial charge on any atom is -0.395 e. The molecule has 0 unspecified atom stereocenters. The summed E-state index contributed by atoms with van der Waals surface area (Å²) >= 11 is 4.32. The van der Waals surface area contributed by atoms with Crippen LogP contribution in [0.5, 0.6) is 0 Å². The van der Waals surface area contributed by atoms with Crippen molar-refractivity contribution in [2.75, 3.05) is 57.4 Å². The number of hydrogen-bond donors (Lipinski definition) is 3. The Morgan fingerprint density at radius 3 is 2.37 bits per heavy atom. The van der Waals surface area contributed by atoms with Crippen molar-refractivity contribution < 1.29 is 36.5 Å². The molecule has 2 aliphatic rings. The number of aliphatic hydroxyl groups excluding tert-OH is 1. The second kappa shape index (κ2) is 11.3. The molecule has 2 heterocycles. The van der Waals surface area contributed by atoms with E-state index < -0.39 is 21.8 Å². The molecule has 38 heavy (non-hydrogen) atoms. The zero-order valence-corrected chi connectivity index (χ0v) is 22.6. The van der Waals surface area contributed by atoms with Gasteiger partial charge in [0.05, 0.1) is 36.8 Å². The first kappa shape index (κ1) is 29.1. The highest BCUT2D eigenvalue weighted by Crippen LogP contribution is 2.39. The molecule has 2 aromatic carbocycles. The van der Waals surface area contributed by atoms with Gasteiger partial charge in [-0.05, 0) is 36.8 Å². The van der Waals surface area contributed by atoms with Gasteiger partial charge in [0.25, 0.3) is 0 Å². The summed E-state index contributed by atoms with van der Waals surface area (Å²) in [5.74, 6) is 0. The van der Waals surface area contributed by atoms with Crippen LogP contribution in [0.3, 0.4) is 0 Å². The fraction of sp³-hybridized carbons (Fsp3) is 0.520. The molecule has 0 spiro atoms. The van der Waals surface area contributed by atoms with Crippen molar-refractivity contribution in [1.29, 1.82) is 0 Å². The van der Waals surface area contributed by atoms with E-state index in [2.05, 4.69) is 12.6 Å². The zero-order valence-electron chi connectivity index (χ0n) is 20.9. The number of morpholine rings is 1. The Hall–Kier alpha value is -1.87. The summed E-state index contributed by atoms with van der Waals surface area (Å²) in [6.45, 7) is 2.95. The van der Waals surface area contributed by atoms with Gasteiger partial charge in [-0.25, -0.2) is 8.42 Å². The Morgan fingerprint density at radius 1 is 1.05 bits per heavy atom. The number of rotatable bonds is 7. The second-order valence-corrected chi connectivity index (χ2v) is 12.1. The smallest absolute Gasteiger partial charge is 0.395 e. The molecule has 210 valence electrons. The molecule has 4 rings (SSSR count). The number of thiol groups is 1. The molecule has 13 heteroatoms. The van der Waals surface area contributed by atoms with Crippen molar-refractivity contribution in [2.45, 2.75) is 40.6 Å². The predicted octanol–water partition coefficient (Wildman–Crippen LogP) is 2.32. The van der Waals surface area contributed by atoms with E-state index in [1.807, 2.05) is 9.80 Å². The molecule has 2 fully saturated rings. The van der Waals surface area contributed by atoms with Gasteiger partial charge >= 0.3 is 6.18 Å². The third kappa shape index (κ3) is 5.83. The van der Waals surface area contributed by atoms with Crippen molar-refractivity contribution in [2.24, 2.45) is 0 Å². The van der Waals surface area contributed by atoms with Crippen molar-refractivity contribution in [3.8, 4) is 0 Å². The van der Waals surface area contributed by atoms with Gasteiger partial charge in [-0.15, -0.1) is 12.6 Å². The lowest BCUT2D eigenvalue weighted by atomic mass is 9.95. The molecule has 0 bridgehead atoms. The topological polar surface area (TPSA) is 93.6 Å². The summed E-state index contributed by atoms with van der Waals surface area (Å²) in [4.78, 5) is 4.46. The number of piperazine rings is 1. The summed E-state index contributed by atoms with van der Waals surface area (Å²) in [6, 6.07) is 11.3. The molecule has 2 aliphatic heterocycles. The maximum atomic E-state index is 13.5. The van der Waals surface area contributed by atoms with Crippen LogP contribution in [0.25, 0.3) is 0 Å². The van der Waals surface area contributed by atoms with Gasteiger partial charge in [0.2, 0.25) is 10.0 Å². The van der Waals surface area contributed by atoms with Crippen molar-refractivity contribution in [3.05, 3.63) is 54.1 Å². The average molecular weight is 576 g/mol. The van der Waals surface area contributed by atoms with Gasteiger partial charge in [0.15, 0.2) is 5.60 Å². The minimum absolute atomic E-state index is 0.105. The maximum absolute atomic E-state index is 13.5. The lowest BCUT2D eigenvalue weighted by molar-refractivity contribution is -0.258. The number of benzene rings is 2. The van der Waals surface area contributed by atoms with Gasteiger partial charge in [-0.1, -0.05) is 24.3 Å². The summed E-state index contributed by atoms with van der Waals surface area (Å²) in [7, 11) is -3.85. The van der Waals surface area contributed by atoms with Crippen LogP contribution in [0, 0.1) is 0 Å². The van der Waals surface area contributed by atoms with Gasteiger partial charge in [0.1, 0.15) is 0 Å². The van der Waals surface area contributed by atoms with Crippen LogP contribution in [-0.4, -0.2) is 98.6 Å². The summed E-state index contributed by atoms with van der Waals surface area (Å²) < 4.78 is 73.9. The third-order valence-electron chi connectivity index (χ3n) is 7.25. The third-order valence-corrected chi connectivity index (χ3v) is 9.71. The van der Waals surface area contributed by atoms with Crippen LogP contribution in [0.2, 0.25) is 0 Å². The summed E-state index contributed by atoms with van der Waals surface area (Å²) in [5.41, 5.74) is -2.68. The van der Waals surface area contributed by atoms with E-state index in [9.17, 15) is 31.8 Å². The molecule has 0 aromatic heterocycles. The van der Waals surface area contributed by atoms with E-state index in [0.29, 0.717) is 50.4 Å². The van der Waals surface area contributed by atoms with Crippen LogP contribution in [0.15, 0.2) is 58.3 Å². The van der Waals surface area contributed by atoms with Crippen molar-refractivity contribution in [3.63, 3.8) is 0 Å². The number of sulfonamides is 1. The Balaban J connectivity index is 1.63. The van der Waals surface area contributed by atoms with Gasteiger partial charge in [-0.3, -0.25) is 4.90 Å². The number of halogens is 3. The van der Waals surface area contributed by atoms with Crippen LogP contribution in [-0.2, 0) is 20.4 Å². The Bertz CT molecular complexity index is 1210. The van der Waals surface area contributed by atoms with E-state index in [1.54, 1.807) is 18.2 Å². The molecule has 0 saturated carbocycles. The molecule has 2 aromatic rings. The molecule has 0 aliphatic carbocycles. The molecule has 3 atom stereocenters. The maximum Gasteiger partial charge on any atom is 0.421 e. The molecule has 0 radical (unpaired) electrons. The standard InChI is InChI=1S/C25H32F3N3O5S2/c1-24(33,25(26,27)28)18-6-8-19(9-7-18)31-11-10-30(38(34,35)23-5-3-2-4-22(23)37)15-20(31)14-29-12-13-36-17-21(29)16-32/h2-9,20-21,32-33,37H,10-17H2,1H3/t20-,21-,24+/m0/s1. The van der Waals surface area contributed by atoms with E-state index in [4.69, 9.17) is 4.74 Å². The lowest BCUT2D eigenvalue weighted by Crippen LogP contribution is -2.61.